The van der Waals surface area contributed by atoms with Crippen LogP contribution in [-0.4, -0.2) is 49.5 Å². The van der Waals surface area contributed by atoms with Gasteiger partial charge in [0, 0.05) is 37.9 Å². The minimum atomic E-state index is 0.0374. The Morgan fingerprint density at radius 3 is 2.62 bits per heavy atom. The highest BCUT2D eigenvalue weighted by molar-refractivity contribution is 7.16. The molecule has 24 heavy (non-hydrogen) atoms. The van der Waals surface area contributed by atoms with Crippen molar-refractivity contribution >= 4 is 23.2 Å². The van der Waals surface area contributed by atoms with E-state index in [0.29, 0.717) is 23.9 Å². The van der Waals surface area contributed by atoms with Crippen molar-refractivity contribution < 1.29 is 4.79 Å². The second kappa shape index (κ2) is 6.04. The summed E-state index contributed by atoms with van der Waals surface area (Å²) in [6.45, 7) is 3.17. The molecule has 0 unspecified atom stereocenters. The van der Waals surface area contributed by atoms with Crippen LogP contribution in [0.3, 0.4) is 0 Å². The van der Waals surface area contributed by atoms with E-state index in [1.807, 2.05) is 40.9 Å². The molecule has 122 valence electrons. The van der Waals surface area contributed by atoms with E-state index in [0.717, 1.165) is 10.8 Å². The Morgan fingerprint density at radius 1 is 1.21 bits per heavy atom. The summed E-state index contributed by atoms with van der Waals surface area (Å²) in [5.41, 5.74) is 0.775. The first-order chi connectivity index (χ1) is 11.7. The van der Waals surface area contributed by atoms with Crippen molar-refractivity contribution in [1.82, 2.24) is 24.4 Å². The summed E-state index contributed by atoms with van der Waals surface area (Å²) in [5, 5.41) is 4.04. The highest BCUT2D eigenvalue weighted by atomic mass is 32.1. The quantitative estimate of drug-likeness (QED) is 0.786. The van der Waals surface area contributed by atoms with Gasteiger partial charge in [-0.3, -0.25) is 4.79 Å². The van der Waals surface area contributed by atoms with Gasteiger partial charge in [-0.25, -0.2) is 15.0 Å². The lowest BCUT2D eigenvalue weighted by molar-refractivity contribution is 0.0628. The number of hydrogen-bond acceptors (Lipinski definition) is 6. The van der Waals surface area contributed by atoms with E-state index in [-0.39, 0.29) is 11.9 Å². The topological polar surface area (TPSA) is 75.9 Å². The number of anilines is 1. The van der Waals surface area contributed by atoms with Crippen molar-refractivity contribution in [3.63, 3.8) is 0 Å². The molecular formula is C16H16N6OS. The minimum Gasteiger partial charge on any atom is -0.348 e. The van der Waals surface area contributed by atoms with Crippen LogP contribution in [-0.2, 0) is 0 Å². The van der Waals surface area contributed by atoms with Crippen LogP contribution in [0, 0.1) is 6.92 Å². The summed E-state index contributed by atoms with van der Waals surface area (Å²) in [5.74, 6) is 0.633. The fourth-order valence-corrected chi connectivity index (χ4v) is 3.59. The molecule has 8 heteroatoms. The molecular weight excluding hydrogens is 324 g/mol. The monoisotopic (exact) mass is 340 g/mol. The molecule has 0 atom stereocenters. The van der Waals surface area contributed by atoms with Crippen LogP contribution in [0.2, 0.25) is 0 Å². The molecule has 1 aliphatic heterocycles. The predicted molar refractivity (Wildman–Crippen MR) is 91.5 cm³/mol. The molecule has 4 rings (SSSR count). The molecule has 3 aromatic heterocycles. The van der Waals surface area contributed by atoms with Gasteiger partial charge in [0.05, 0.1) is 11.7 Å². The molecule has 1 saturated heterocycles. The molecule has 7 nitrogen and oxygen atoms in total. The Morgan fingerprint density at radius 2 is 1.92 bits per heavy atom. The highest BCUT2D eigenvalue weighted by Gasteiger charge is 2.33. The fraction of sp³-hybridized carbons (Fsp3) is 0.250. The third-order valence-corrected chi connectivity index (χ3v) is 5.03. The van der Waals surface area contributed by atoms with Crippen molar-refractivity contribution in [3.8, 4) is 5.13 Å². The number of carbonyl (C=O) groups excluding carboxylic acids is 1. The third-order valence-electron chi connectivity index (χ3n) is 3.87. The number of rotatable bonds is 4. The van der Waals surface area contributed by atoms with Crippen LogP contribution in [0.5, 0.6) is 0 Å². The number of aryl methyl sites for hydroxylation is 1. The highest BCUT2D eigenvalue weighted by Crippen LogP contribution is 2.25. The number of hydrogen-bond donors (Lipinski definition) is 1. The molecule has 1 N–H and O–H groups in total. The normalized spacial score (nSPS) is 14.5. The van der Waals surface area contributed by atoms with Gasteiger partial charge in [0.1, 0.15) is 4.88 Å². The van der Waals surface area contributed by atoms with Gasteiger partial charge in [-0.2, -0.15) is 0 Å². The lowest BCUT2D eigenvalue weighted by atomic mass is 10.1. The van der Waals surface area contributed by atoms with E-state index in [2.05, 4.69) is 20.3 Å². The lowest BCUT2D eigenvalue weighted by Crippen LogP contribution is -2.57. The summed E-state index contributed by atoms with van der Waals surface area (Å²) in [6.07, 6.45) is 7.24. The number of aromatic nitrogens is 4. The molecule has 1 amide bonds. The smallest absolute Gasteiger partial charge is 0.266 e. The molecule has 1 aliphatic rings. The van der Waals surface area contributed by atoms with Gasteiger partial charge in [-0.15, -0.1) is 0 Å². The van der Waals surface area contributed by atoms with E-state index in [1.165, 1.54) is 11.3 Å². The SMILES string of the molecule is Cc1nc(-n2cccc2)sc1C(=O)N1CC(Nc2ncccn2)C1. The lowest BCUT2D eigenvalue weighted by Gasteiger charge is -2.39. The molecule has 4 heterocycles. The molecule has 3 aromatic rings. The molecule has 0 aliphatic carbocycles. The van der Waals surface area contributed by atoms with Gasteiger partial charge in [-0.1, -0.05) is 11.3 Å². The van der Waals surface area contributed by atoms with Gasteiger partial charge in [0.25, 0.3) is 5.91 Å². The van der Waals surface area contributed by atoms with E-state index < -0.39 is 0 Å². The Kier molecular flexibility index (Phi) is 3.73. The van der Waals surface area contributed by atoms with E-state index >= 15 is 0 Å². The standard InChI is InChI=1S/C16H16N6OS/c1-11-13(24-16(19-11)21-7-2-3-8-21)14(23)22-9-12(10-22)20-15-17-5-4-6-18-15/h2-8,12H,9-10H2,1H3,(H,17,18,20). The average molecular weight is 340 g/mol. The second-order valence-electron chi connectivity index (χ2n) is 5.63. The predicted octanol–water partition coefficient (Wildman–Crippen LogP) is 1.97. The summed E-state index contributed by atoms with van der Waals surface area (Å²) >= 11 is 1.42. The summed E-state index contributed by atoms with van der Waals surface area (Å²) in [6, 6.07) is 5.84. The van der Waals surface area contributed by atoms with E-state index in [1.54, 1.807) is 18.5 Å². The first-order valence-electron chi connectivity index (χ1n) is 7.64. The summed E-state index contributed by atoms with van der Waals surface area (Å²) in [4.78, 5) is 28.0. The molecule has 0 saturated carbocycles. The molecule has 0 aromatic carbocycles. The van der Waals surface area contributed by atoms with Crippen LogP contribution < -0.4 is 5.32 Å². The van der Waals surface area contributed by atoms with Crippen LogP contribution >= 0.6 is 11.3 Å². The first kappa shape index (κ1) is 14.8. The number of amides is 1. The summed E-state index contributed by atoms with van der Waals surface area (Å²) < 4.78 is 1.92. The zero-order valence-corrected chi connectivity index (χ0v) is 13.9. The Labute approximate surface area is 143 Å². The zero-order chi connectivity index (χ0) is 16.5. The van der Waals surface area contributed by atoms with Gasteiger partial charge >= 0.3 is 0 Å². The largest absolute Gasteiger partial charge is 0.348 e. The Balaban J connectivity index is 1.41. The zero-order valence-electron chi connectivity index (χ0n) is 13.1. The minimum absolute atomic E-state index is 0.0374. The molecule has 0 radical (unpaired) electrons. The number of nitrogens with one attached hydrogen (secondary N) is 1. The van der Waals surface area contributed by atoms with Crippen LogP contribution in [0.4, 0.5) is 5.95 Å². The molecule has 1 fully saturated rings. The van der Waals surface area contributed by atoms with Gasteiger partial charge in [0.15, 0.2) is 5.13 Å². The number of thiazole rings is 1. The van der Waals surface area contributed by atoms with E-state index in [9.17, 15) is 4.79 Å². The van der Waals surface area contributed by atoms with Gasteiger partial charge < -0.3 is 14.8 Å². The van der Waals surface area contributed by atoms with Crippen LogP contribution in [0.1, 0.15) is 15.4 Å². The van der Waals surface area contributed by atoms with Crippen molar-refractivity contribution in [2.24, 2.45) is 0 Å². The summed E-state index contributed by atoms with van der Waals surface area (Å²) in [7, 11) is 0. The fourth-order valence-electron chi connectivity index (χ4n) is 2.59. The number of likely N-dealkylation sites (tertiary alicyclic amines) is 1. The van der Waals surface area contributed by atoms with Crippen molar-refractivity contribution in [3.05, 3.63) is 53.6 Å². The maximum absolute atomic E-state index is 12.7. The van der Waals surface area contributed by atoms with Crippen molar-refractivity contribution in [2.75, 3.05) is 18.4 Å². The second-order valence-corrected chi connectivity index (χ2v) is 6.60. The molecule has 0 spiro atoms. The van der Waals surface area contributed by atoms with Crippen molar-refractivity contribution in [1.29, 1.82) is 0 Å². The first-order valence-corrected chi connectivity index (χ1v) is 8.46. The molecule has 0 bridgehead atoms. The van der Waals surface area contributed by atoms with Gasteiger partial charge in [0.2, 0.25) is 5.95 Å². The van der Waals surface area contributed by atoms with Crippen molar-refractivity contribution in [2.45, 2.75) is 13.0 Å². The third kappa shape index (κ3) is 2.76. The average Bonchev–Trinajstić information content (AvgIpc) is 3.20. The van der Waals surface area contributed by atoms with Crippen LogP contribution in [0.15, 0.2) is 43.0 Å². The van der Waals surface area contributed by atoms with E-state index in [4.69, 9.17) is 0 Å². The maximum Gasteiger partial charge on any atom is 0.266 e. The van der Waals surface area contributed by atoms with Crippen LogP contribution in [0.25, 0.3) is 5.13 Å². The maximum atomic E-state index is 12.7. The number of nitrogens with zero attached hydrogens (tertiary/aromatic N) is 5. The Bertz CT molecular complexity index is 839. The number of carbonyl (C=O) groups is 1. The van der Waals surface area contributed by atoms with Gasteiger partial charge in [-0.05, 0) is 25.1 Å². The Hall–Kier alpha value is -2.74.